The number of anilines is 1. The summed E-state index contributed by atoms with van der Waals surface area (Å²) in [6, 6.07) is 2.23. The van der Waals surface area contributed by atoms with Gasteiger partial charge in [-0.05, 0) is 25.5 Å². The molecular weight excluding hydrogens is 438 g/mol. The molecule has 0 unspecified atom stereocenters. The molecule has 0 atom stereocenters. The quantitative estimate of drug-likeness (QED) is 0.228. The molecule has 1 rings (SSSR count). The number of rotatable bonds is 9. The zero-order valence-electron chi connectivity index (χ0n) is 13.4. The fourth-order valence-corrected chi connectivity index (χ4v) is 1.71. The van der Waals surface area contributed by atoms with Crippen LogP contribution in [-0.4, -0.2) is 43.8 Å². The highest BCUT2D eigenvalue weighted by atomic mass is 127. The predicted octanol–water partition coefficient (Wildman–Crippen LogP) is 2.46. The van der Waals surface area contributed by atoms with Gasteiger partial charge in [0.25, 0.3) is 0 Å². The molecule has 0 radical (unpaired) electrons. The average molecular weight is 461 g/mol. The zero-order chi connectivity index (χ0) is 17.1. The Hall–Kier alpha value is -1.30. The first kappa shape index (κ1) is 22.7. The lowest BCUT2D eigenvalue weighted by Crippen LogP contribution is -2.35. The van der Waals surface area contributed by atoms with E-state index in [1.165, 1.54) is 12.3 Å². The second kappa shape index (κ2) is 12.1. The number of aliphatic imine (C=N–C) groups is 1. The SMILES string of the molecule is CCOCCCN=C(N)NCCNc1ncccc1C(F)(F)F.I. The molecule has 1 heterocycles. The fraction of sp³-hybridized carbons (Fsp3) is 0.571. The molecule has 1 aromatic heterocycles. The number of nitrogens with one attached hydrogen (secondary N) is 2. The van der Waals surface area contributed by atoms with E-state index in [0.717, 1.165) is 12.5 Å². The van der Waals surface area contributed by atoms with Crippen LogP contribution in [0.5, 0.6) is 0 Å². The average Bonchev–Trinajstić information content (AvgIpc) is 2.51. The maximum absolute atomic E-state index is 12.8. The van der Waals surface area contributed by atoms with E-state index >= 15 is 0 Å². The largest absolute Gasteiger partial charge is 0.419 e. The first-order valence-corrected chi connectivity index (χ1v) is 7.32. The van der Waals surface area contributed by atoms with Gasteiger partial charge in [-0.1, -0.05) is 0 Å². The van der Waals surface area contributed by atoms with E-state index in [1.807, 2.05) is 6.92 Å². The van der Waals surface area contributed by atoms with Gasteiger partial charge in [0.1, 0.15) is 5.82 Å². The third-order valence-electron chi connectivity index (χ3n) is 2.77. The molecule has 10 heteroatoms. The van der Waals surface area contributed by atoms with Crippen LogP contribution in [0.4, 0.5) is 19.0 Å². The number of nitrogens with zero attached hydrogens (tertiary/aromatic N) is 2. The Bertz CT molecular complexity index is 500. The van der Waals surface area contributed by atoms with Gasteiger partial charge in [0.05, 0.1) is 5.56 Å². The Kier molecular flexibility index (Phi) is 11.5. The van der Waals surface area contributed by atoms with E-state index in [-0.39, 0.29) is 42.3 Å². The van der Waals surface area contributed by atoms with Crippen LogP contribution in [0, 0.1) is 0 Å². The molecular formula is C14H23F3IN5O. The van der Waals surface area contributed by atoms with Crippen LogP contribution in [0.1, 0.15) is 18.9 Å². The summed E-state index contributed by atoms with van der Waals surface area (Å²) in [5, 5.41) is 5.45. The molecule has 0 amide bonds. The van der Waals surface area contributed by atoms with Crippen LogP contribution in [0.3, 0.4) is 0 Å². The van der Waals surface area contributed by atoms with Crippen LogP contribution >= 0.6 is 24.0 Å². The van der Waals surface area contributed by atoms with Gasteiger partial charge >= 0.3 is 6.18 Å². The topological polar surface area (TPSA) is 84.6 Å². The number of guanidine groups is 1. The Morgan fingerprint density at radius 2 is 2.12 bits per heavy atom. The number of hydrogen-bond donors (Lipinski definition) is 3. The van der Waals surface area contributed by atoms with Crippen molar-refractivity contribution in [2.24, 2.45) is 10.7 Å². The number of halogens is 4. The third kappa shape index (κ3) is 9.11. The summed E-state index contributed by atoms with van der Waals surface area (Å²) in [5.74, 6) is 0.0504. The van der Waals surface area contributed by atoms with Crippen molar-refractivity contribution in [2.75, 3.05) is 38.2 Å². The van der Waals surface area contributed by atoms with Crippen LogP contribution in [0.25, 0.3) is 0 Å². The first-order chi connectivity index (χ1) is 10.9. The minimum absolute atomic E-state index is 0. The molecule has 0 bridgehead atoms. The molecule has 6 nitrogen and oxygen atoms in total. The second-order valence-corrected chi connectivity index (χ2v) is 4.57. The summed E-state index contributed by atoms with van der Waals surface area (Å²) >= 11 is 0. The van der Waals surface area contributed by atoms with Crippen molar-refractivity contribution in [3.63, 3.8) is 0 Å². The van der Waals surface area contributed by atoms with Crippen LogP contribution < -0.4 is 16.4 Å². The smallest absolute Gasteiger partial charge is 0.382 e. The Balaban J connectivity index is 0.00000529. The zero-order valence-corrected chi connectivity index (χ0v) is 15.7. The molecule has 0 aliphatic heterocycles. The highest BCUT2D eigenvalue weighted by Crippen LogP contribution is 2.33. The van der Waals surface area contributed by atoms with Crippen molar-refractivity contribution < 1.29 is 17.9 Å². The molecule has 0 aliphatic rings. The van der Waals surface area contributed by atoms with Crippen molar-refractivity contribution in [3.8, 4) is 0 Å². The van der Waals surface area contributed by atoms with E-state index in [4.69, 9.17) is 10.5 Å². The summed E-state index contributed by atoms with van der Waals surface area (Å²) in [5.41, 5.74) is 4.85. The monoisotopic (exact) mass is 461 g/mol. The number of pyridine rings is 1. The third-order valence-corrected chi connectivity index (χ3v) is 2.77. The normalized spacial score (nSPS) is 11.8. The molecule has 4 N–H and O–H groups in total. The second-order valence-electron chi connectivity index (χ2n) is 4.57. The summed E-state index contributed by atoms with van der Waals surface area (Å²) in [4.78, 5) is 7.78. The van der Waals surface area contributed by atoms with Gasteiger partial charge in [-0.3, -0.25) is 4.99 Å². The minimum Gasteiger partial charge on any atom is -0.382 e. The molecule has 0 fully saturated rings. The number of hydrogen-bond acceptors (Lipinski definition) is 4. The first-order valence-electron chi connectivity index (χ1n) is 7.32. The van der Waals surface area contributed by atoms with Gasteiger partial charge in [-0.25, -0.2) is 4.98 Å². The fourth-order valence-electron chi connectivity index (χ4n) is 1.71. The van der Waals surface area contributed by atoms with E-state index in [0.29, 0.717) is 26.3 Å². The number of aromatic nitrogens is 1. The van der Waals surface area contributed by atoms with Crippen LogP contribution in [0.2, 0.25) is 0 Å². The number of alkyl halides is 3. The summed E-state index contributed by atoms with van der Waals surface area (Å²) in [6.07, 6.45) is -2.37. The lowest BCUT2D eigenvalue weighted by Gasteiger charge is -2.13. The predicted molar refractivity (Wildman–Crippen MR) is 98.7 cm³/mol. The molecule has 1 aromatic rings. The van der Waals surface area contributed by atoms with Gasteiger partial charge < -0.3 is 21.1 Å². The Labute approximate surface area is 156 Å². The standard InChI is InChI=1S/C14H22F3N5O.HI/c1-2-23-10-4-7-21-13(18)22-9-8-20-12-11(14(15,16)17)5-3-6-19-12;/h3,5-6H,2,4,7-10H2,1H3,(H,19,20)(H3,18,21,22);1H. The molecule has 138 valence electrons. The van der Waals surface area contributed by atoms with Crippen LogP contribution in [0.15, 0.2) is 23.3 Å². The maximum Gasteiger partial charge on any atom is 0.419 e. The number of ether oxygens (including phenoxy) is 1. The van der Waals surface area contributed by atoms with Crippen molar-refractivity contribution >= 4 is 35.8 Å². The summed E-state index contributed by atoms with van der Waals surface area (Å²) in [6.45, 7) is 4.29. The van der Waals surface area contributed by atoms with Gasteiger partial charge in [0.15, 0.2) is 5.96 Å². The molecule has 0 aliphatic carbocycles. The lowest BCUT2D eigenvalue weighted by molar-refractivity contribution is -0.137. The van der Waals surface area contributed by atoms with Crippen LogP contribution in [-0.2, 0) is 10.9 Å². The summed E-state index contributed by atoms with van der Waals surface area (Å²) < 4.78 is 43.5. The number of nitrogens with two attached hydrogens (primary N) is 1. The highest BCUT2D eigenvalue weighted by molar-refractivity contribution is 14.0. The minimum atomic E-state index is -4.44. The van der Waals surface area contributed by atoms with Gasteiger partial charge in [0.2, 0.25) is 0 Å². The Morgan fingerprint density at radius 3 is 2.79 bits per heavy atom. The molecule has 0 spiro atoms. The molecule has 0 aromatic carbocycles. The van der Waals surface area contributed by atoms with Crippen molar-refractivity contribution in [3.05, 3.63) is 23.9 Å². The van der Waals surface area contributed by atoms with E-state index in [9.17, 15) is 13.2 Å². The van der Waals surface area contributed by atoms with E-state index in [1.54, 1.807) is 0 Å². The lowest BCUT2D eigenvalue weighted by atomic mass is 10.2. The van der Waals surface area contributed by atoms with E-state index < -0.39 is 11.7 Å². The van der Waals surface area contributed by atoms with E-state index in [2.05, 4.69) is 20.6 Å². The van der Waals surface area contributed by atoms with Gasteiger partial charge in [0, 0.05) is 39.0 Å². The van der Waals surface area contributed by atoms with Gasteiger partial charge in [-0.2, -0.15) is 13.2 Å². The molecule has 24 heavy (non-hydrogen) atoms. The molecule has 0 saturated heterocycles. The highest BCUT2D eigenvalue weighted by Gasteiger charge is 2.33. The van der Waals surface area contributed by atoms with Gasteiger partial charge in [-0.15, -0.1) is 24.0 Å². The molecule has 0 saturated carbocycles. The van der Waals surface area contributed by atoms with Crippen molar-refractivity contribution in [2.45, 2.75) is 19.5 Å². The maximum atomic E-state index is 12.8. The van der Waals surface area contributed by atoms with Crippen molar-refractivity contribution in [1.29, 1.82) is 0 Å². The Morgan fingerprint density at radius 1 is 1.38 bits per heavy atom. The van der Waals surface area contributed by atoms with Crippen molar-refractivity contribution in [1.82, 2.24) is 10.3 Å². The summed E-state index contributed by atoms with van der Waals surface area (Å²) in [7, 11) is 0.